The molecule has 0 spiro atoms. The van der Waals surface area contributed by atoms with Gasteiger partial charge in [0.15, 0.2) is 0 Å². The lowest BCUT2D eigenvalue weighted by Crippen LogP contribution is -2.40. The van der Waals surface area contributed by atoms with Crippen LogP contribution in [0.25, 0.3) is 10.9 Å². The molecule has 0 saturated heterocycles. The van der Waals surface area contributed by atoms with Gasteiger partial charge in [-0.3, -0.25) is 4.79 Å². The topological polar surface area (TPSA) is 115 Å². The van der Waals surface area contributed by atoms with Gasteiger partial charge in [0.05, 0.1) is 0 Å². The molecule has 0 amide bonds. The molecule has 2 aromatic carbocycles. The third kappa shape index (κ3) is 5.98. The molecular weight excluding hydrogens is 384 g/mol. The quantitative estimate of drug-likeness (QED) is 0.425. The highest BCUT2D eigenvalue weighted by molar-refractivity contribution is 5.85. The Balaban J connectivity index is 0.000000589. The van der Waals surface area contributed by atoms with Crippen LogP contribution in [-0.4, -0.2) is 51.6 Å². The summed E-state index contributed by atoms with van der Waals surface area (Å²) in [5.41, 5.74) is 3.53. The van der Waals surface area contributed by atoms with E-state index < -0.39 is 12.1 Å². The van der Waals surface area contributed by atoms with Crippen LogP contribution in [0, 0.1) is 0 Å². The molecule has 0 radical (unpaired) electrons. The number of rotatable bonds is 6. The van der Waals surface area contributed by atoms with Gasteiger partial charge in [0, 0.05) is 36.6 Å². The van der Waals surface area contributed by atoms with E-state index in [1.807, 2.05) is 42.6 Å². The number of carboxylic acids is 1. The fraction of sp³-hybridized carbons (Fsp3) is 0.348. The highest BCUT2D eigenvalue weighted by atomic mass is 16.5. The maximum absolute atomic E-state index is 10.3. The van der Waals surface area contributed by atoms with Crippen LogP contribution in [0.5, 0.6) is 11.5 Å². The summed E-state index contributed by atoms with van der Waals surface area (Å²) in [6.07, 6.45) is 4.21. The summed E-state index contributed by atoms with van der Waals surface area (Å²) in [6.45, 7) is 1.82. The number of hydrogen-bond donors (Lipinski definition) is 5. The van der Waals surface area contributed by atoms with Gasteiger partial charge in [-0.15, -0.1) is 0 Å². The van der Waals surface area contributed by atoms with Crippen molar-refractivity contribution >= 4 is 16.9 Å². The second kappa shape index (κ2) is 10.1. The minimum atomic E-state index is -0.833. The molecule has 0 aliphatic heterocycles. The largest absolute Gasteiger partial charge is 0.508 e. The van der Waals surface area contributed by atoms with Gasteiger partial charge in [0.1, 0.15) is 24.2 Å². The highest BCUT2D eigenvalue weighted by Crippen LogP contribution is 2.26. The zero-order chi connectivity index (χ0) is 21.5. The van der Waals surface area contributed by atoms with Crippen molar-refractivity contribution < 1.29 is 24.9 Å². The smallest absolute Gasteiger partial charge is 0.300 e. The van der Waals surface area contributed by atoms with Crippen molar-refractivity contribution in [2.45, 2.75) is 38.3 Å². The van der Waals surface area contributed by atoms with Gasteiger partial charge in [-0.1, -0.05) is 12.1 Å². The fourth-order valence-corrected chi connectivity index (χ4v) is 3.65. The molecule has 3 aromatic rings. The molecule has 1 aromatic heterocycles. The van der Waals surface area contributed by atoms with Gasteiger partial charge in [-0.2, -0.15) is 0 Å². The number of fused-ring (bicyclic) bond motifs is 2. The normalized spacial score (nSPS) is 16.3. The van der Waals surface area contributed by atoms with E-state index in [2.05, 4.69) is 10.3 Å². The Morgan fingerprint density at radius 3 is 2.87 bits per heavy atom. The summed E-state index contributed by atoms with van der Waals surface area (Å²) in [5.74, 6) is 0.265. The highest BCUT2D eigenvalue weighted by Gasteiger charge is 2.19. The van der Waals surface area contributed by atoms with E-state index in [-0.39, 0.29) is 6.61 Å². The number of hydrogen-bond acceptors (Lipinski definition) is 5. The zero-order valence-electron chi connectivity index (χ0n) is 17.0. The number of H-pyrrole nitrogens is 1. The first-order valence-electron chi connectivity index (χ1n) is 10.0. The first kappa shape index (κ1) is 21.7. The molecule has 4 rings (SSSR count). The molecular formula is C23H28N2O5. The Labute approximate surface area is 175 Å². The van der Waals surface area contributed by atoms with Gasteiger partial charge in [-0.25, -0.2) is 0 Å². The number of aromatic nitrogens is 1. The molecule has 0 bridgehead atoms. The van der Waals surface area contributed by atoms with E-state index in [4.69, 9.17) is 14.6 Å². The number of aliphatic hydroxyl groups excluding tert-OH is 1. The molecule has 5 N–H and O–H groups in total. The predicted molar refractivity (Wildman–Crippen MR) is 115 cm³/mol. The molecule has 160 valence electrons. The van der Waals surface area contributed by atoms with Crippen LogP contribution in [0.4, 0.5) is 0 Å². The van der Waals surface area contributed by atoms with Gasteiger partial charge < -0.3 is 30.4 Å². The molecule has 0 fully saturated rings. The third-order valence-electron chi connectivity index (χ3n) is 5.05. The van der Waals surface area contributed by atoms with Crippen LogP contribution in [0.15, 0.2) is 48.7 Å². The minimum Gasteiger partial charge on any atom is -0.508 e. The number of aromatic hydroxyl groups is 1. The van der Waals surface area contributed by atoms with Crippen molar-refractivity contribution in [3.63, 3.8) is 0 Å². The maximum Gasteiger partial charge on any atom is 0.300 e. The van der Waals surface area contributed by atoms with Crippen molar-refractivity contribution in [3.05, 3.63) is 59.8 Å². The van der Waals surface area contributed by atoms with E-state index in [0.29, 0.717) is 18.3 Å². The number of aliphatic carboxylic acids is 1. The van der Waals surface area contributed by atoms with Crippen molar-refractivity contribution in [1.82, 2.24) is 10.3 Å². The monoisotopic (exact) mass is 412 g/mol. The Morgan fingerprint density at radius 2 is 2.07 bits per heavy atom. The summed E-state index contributed by atoms with van der Waals surface area (Å²) in [5, 5.41) is 31.8. The van der Waals surface area contributed by atoms with Gasteiger partial charge in [0.2, 0.25) is 0 Å². The number of carbonyl (C=O) groups is 1. The second-order valence-electron chi connectivity index (χ2n) is 7.48. The summed E-state index contributed by atoms with van der Waals surface area (Å²) < 4.78 is 5.81. The van der Waals surface area contributed by atoms with Gasteiger partial charge >= 0.3 is 0 Å². The summed E-state index contributed by atoms with van der Waals surface area (Å²) in [6, 6.07) is 13.7. The number of ether oxygens (including phenoxy) is 1. The van der Waals surface area contributed by atoms with E-state index in [0.717, 1.165) is 42.8 Å². The Bertz CT molecular complexity index is 981. The lowest BCUT2D eigenvalue weighted by atomic mass is 9.88. The molecule has 2 atom stereocenters. The zero-order valence-corrected chi connectivity index (χ0v) is 17.0. The molecule has 0 saturated carbocycles. The number of nitrogens with one attached hydrogen (secondary N) is 2. The van der Waals surface area contributed by atoms with Crippen molar-refractivity contribution in [2.75, 3.05) is 13.2 Å². The Kier molecular flexibility index (Phi) is 7.32. The van der Waals surface area contributed by atoms with Crippen molar-refractivity contribution in [1.29, 1.82) is 0 Å². The molecule has 7 heteroatoms. The molecule has 1 aliphatic rings. The maximum atomic E-state index is 10.3. The van der Waals surface area contributed by atoms with E-state index >= 15 is 0 Å². The molecule has 1 heterocycles. The van der Waals surface area contributed by atoms with E-state index in [9.17, 15) is 10.2 Å². The molecule has 1 aliphatic carbocycles. The fourth-order valence-electron chi connectivity index (χ4n) is 3.65. The minimum absolute atomic E-state index is 0.251. The van der Waals surface area contributed by atoms with Crippen LogP contribution in [0.2, 0.25) is 0 Å². The Morgan fingerprint density at radius 1 is 1.27 bits per heavy atom. The molecule has 7 nitrogen and oxygen atoms in total. The van der Waals surface area contributed by atoms with E-state index in [1.165, 1.54) is 11.1 Å². The number of phenols is 1. The first-order chi connectivity index (χ1) is 14.4. The summed E-state index contributed by atoms with van der Waals surface area (Å²) in [7, 11) is 0. The molecule has 2 unspecified atom stereocenters. The SMILES string of the molecule is CC(=O)O.Oc1ccc2c(c1)CC(NCC(O)COc1cccc3[nH]ccc13)CC2. The number of carboxylic acid groups (broad SMARTS) is 1. The number of aliphatic hydroxyl groups is 1. The predicted octanol–water partition coefficient (Wildman–Crippen LogP) is 2.85. The number of aromatic amines is 1. The van der Waals surface area contributed by atoms with Crippen LogP contribution in [0.1, 0.15) is 24.5 Å². The molecule has 30 heavy (non-hydrogen) atoms. The van der Waals surface area contributed by atoms with Crippen LogP contribution >= 0.6 is 0 Å². The standard InChI is InChI=1S/C21H24N2O3.C2H4O2/c24-17-7-5-14-4-6-16(10-15(14)11-17)23-12-18(25)13-26-21-3-1-2-20-19(21)8-9-22-20;1-2(3)4/h1-3,5,7-9,11,16,18,22-25H,4,6,10,12-13H2;1H3,(H,3,4). The average Bonchev–Trinajstić information content (AvgIpc) is 3.19. The van der Waals surface area contributed by atoms with E-state index in [1.54, 1.807) is 6.07 Å². The lowest BCUT2D eigenvalue weighted by Gasteiger charge is -2.26. The lowest BCUT2D eigenvalue weighted by molar-refractivity contribution is -0.134. The Hall–Kier alpha value is -3.03. The average molecular weight is 412 g/mol. The van der Waals surface area contributed by atoms with Gasteiger partial charge in [0.25, 0.3) is 5.97 Å². The van der Waals surface area contributed by atoms with Gasteiger partial charge in [-0.05, 0) is 60.7 Å². The number of benzene rings is 2. The summed E-state index contributed by atoms with van der Waals surface area (Å²) >= 11 is 0. The van der Waals surface area contributed by atoms with Crippen LogP contribution < -0.4 is 10.1 Å². The second-order valence-corrected chi connectivity index (χ2v) is 7.48. The first-order valence-corrected chi connectivity index (χ1v) is 10.0. The van der Waals surface area contributed by atoms with Crippen LogP contribution in [-0.2, 0) is 17.6 Å². The van der Waals surface area contributed by atoms with Crippen LogP contribution in [0.3, 0.4) is 0 Å². The van der Waals surface area contributed by atoms with Crippen molar-refractivity contribution in [2.24, 2.45) is 0 Å². The third-order valence-corrected chi connectivity index (χ3v) is 5.05. The van der Waals surface area contributed by atoms with Crippen molar-refractivity contribution in [3.8, 4) is 11.5 Å². The number of aryl methyl sites for hydroxylation is 1. The number of phenolic OH excluding ortho intramolecular Hbond substituents is 1. The summed E-state index contributed by atoms with van der Waals surface area (Å²) in [4.78, 5) is 12.2.